The average molecular weight is 899 g/mol. The van der Waals surface area contributed by atoms with Crippen LogP contribution in [0, 0.1) is 20.8 Å². The van der Waals surface area contributed by atoms with Crippen LogP contribution in [0.4, 0.5) is 11.6 Å². The van der Waals surface area contributed by atoms with Gasteiger partial charge in [0.2, 0.25) is 0 Å². The van der Waals surface area contributed by atoms with E-state index in [9.17, 15) is 9.59 Å². The Balaban J connectivity index is 0.000000148. The maximum atomic E-state index is 11.6. The number of anilines is 2. The van der Waals surface area contributed by atoms with Gasteiger partial charge >= 0.3 is 0 Å². The van der Waals surface area contributed by atoms with Crippen molar-refractivity contribution in [3.8, 4) is 0 Å². The molecule has 0 radical (unpaired) electrons. The minimum atomic E-state index is -0.180. The second-order valence-corrected chi connectivity index (χ2v) is 19.9. The van der Waals surface area contributed by atoms with Crippen molar-refractivity contribution >= 4 is 56.3 Å². The fourth-order valence-corrected chi connectivity index (χ4v) is 6.77. The minimum Gasteiger partial charge on any atom is -0.382 e. The molecule has 8 heterocycles. The van der Waals surface area contributed by atoms with Crippen molar-refractivity contribution in [3.05, 3.63) is 106 Å². The standard InChI is InChI=1S/C17H21N5.2C10H14N4O.C9H13N5/c1-12-20-15(18-10-13-8-6-5-7-9-13)14-16(21-12)22(11-19-14)17(2,3)4;2*1-6-12-8-7(9(15)13-6)11-5-14(8)10(2,3)4;1-9(2,3)14-5-13-6-7(10)11-4-12-8(6)14/h5-9,11H,10H2,1-4H3,(H,18,20,21);2*5H,1-4H3,(H,12,13,15);4-5H,1-3H3,(H2,10,11,12). The third-order valence-corrected chi connectivity index (χ3v) is 10.1. The first kappa shape index (κ1) is 48.1. The monoisotopic (exact) mass is 899 g/mol. The van der Waals surface area contributed by atoms with Gasteiger partial charge in [-0.3, -0.25) is 9.59 Å². The van der Waals surface area contributed by atoms with Gasteiger partial charge in [0.15, 0.2) is 45.3 Å². The first-order valence-electron chi connectivity index (χ1n) is 21.6. The molecule has 348 valence electrons. The molecular weight excluding hydrogens is 837 g/mol. The number of nitrogen functional groups attached to an aromatic ring is 1. The van der Waals surface area contributed by atoms with Gasteiger partial charge in [0.1, 0.15) is 34.8 Å². The molecule has 9 rings (SSSR count). The van der Waals surface area contributed by atoms with Crippen molar-refractivity contribution in [1.29, 1.82) is 0 Å². The first-order chi connectivity index (χ1) is 30.7. The zero-order valence-electron chi connectivity index (χ0n) is 40.6. The number of fused-ring (bicyclic) bond motifs is 4. The second-order valence-electron chi connectivity index (χ2n) is 19.9. The zero-order chi connectivity index (χ0) is 48.5. The maximum absolute atomic E-state index is 11.6. The van der Waals surface area contributed by atoms with E-state index in [1.165, 1.54) is 11.9 Å². The summed E-state index contributed by atoms with van der Waals surface area (Å²) in [4.78, 5) is 71.1. The molecule has 0 amide bonds. The lowest BCUT2D eigenvalue weighted by atomic mass is 10.1. The topological polar surface area (TPSA) is 252 Å². The quantitative estimate of drug-likeness (QED) is 0.139. The van der Waals surface area contributed by atoms with Crippen molar-refractivity contribution in [2.24, 2.45) is 0 Å². The SMILES string of the molecule is CC(C)(C)n1cnc2c(N)ncnc21.Cc1nc(NCc2ccccc2)c2ncn(C(C)(C)C)c2n1.Cc1nc2c(ncn2C(C)(C)C)c(=O)[nH]1.Cc1nc2c(ncn2C(C)(C)C)c(=O)[nH]1. The molecule has 9 aromatic rings. The third-order valence-electron chi connectivity index (χ3n) is 10.1. The predicted molar refractivity (Wildman–Crippen MR) is 259 cm³/mol. The lowest BCUT2D eigenvalue weighted by Crippen LogP contribution is -2.22. The molecule has 0 spiro atoms. The Bertz CT molecular complexity index is 3130. The number of benzene rings is 1. The van der Waals surface area contributed by atoms with E-state index < -0.39 is 0 Å². The van der Waals surface area contributed by atoms with E-state index in [1.807, 2.05) is 86.7 Å². The summed E-state index contributed by atoms with van der Waals surface area (Å²) in [6, 6.07) is 10.3. The summed E-state index contributed by atoms with van der Waals surface area (Å²) in [6.45, 7) is 31.1. The number of aryl methyl sites for hydroxylation is 3. The largest absolute Gasteiger partial charge is 0.382 e. The van der Waals surface area contributed by atoms with Crippen LogP contribution in [0.5, 0.6) is 0 Å². The van der Waals surface area contributed by atoms with Gasteiger partial charge in [-0.2, -0.15) is 0 Å². The number of nitrogens with zero attached hydrogens (tertiary/aromatic N) is 14. The number of aromatic nitrogens is 16. The van der Waals surface area contributed by atoms with Crippen molar-refractivity contribution in [1.82, 2.24) is 78.1 Å². The number of aromatic amines is 2. The molecule has 5 N–H and O–H groups in total. The van der Waals surface area contributed by atoms with Crippen LogP contribution in [0.15, 0.2) is 71.6 Å². The Labute approximate surface area is 382 Å². The Kier molecular flexibility index (Phi) is 13.3. The maximum Gasteiger partial charge on any atom is 0.279 e. The van der Waals surface area contributed by atoms with E-state index in [0.717, 1.165) is 35.0 Å². The van der Waals surface area contributed by atoms with Gasteiger partial charge in [0.25, 0.3) is 11.1 Å². The van der Waals surface area contributed by atoms with E-state index in [1.54, 1.807) is 32.8 Å². The zero-order valence-corrected chi connectivity index (χ0v) is 40.6. The molecule has 20 heteroatoms. The van der Waals surface area contributed by atoms with E-state index in [-0.39, 0.29) is 33.3 Å². The number of hydrogen-bond acceptors (Lipinski definition) is 14. The number of nitrogens with two attached hydrogens (primary N) is 1. The van der Waals surface area contributed by atoms with Gasteiger partial charge in [-0.1, -0.05) is 30.3 Å². The Morgan fingerprint density at radius 1 is 0.515 bits per heavy atom. The molecule has 8 aromatic heterocycles. The summed E-state index contributed by atoms with van der Waals surface area (Å²) in [5.74, 6) is 3.18. The molecule has 20 nitrogen and oxygen atoms in total. The molecule has 66 heavy (non-hydrogen) atoms. The highest BCUT2D eigenvalue weighted by atomic mass is 16.1. The minimum absolute atomic E-state index is 0.0461. The molecule has 0 fully saturated rings. The molecule has 0 saturated carbocycles. The lowest BCUT2D eigenvalue weighted by Gasteiger charge is -2.21. The summed E-state index contributed by atoms with van der Waals surface area (Å²) in [5.41, 5.74) is 11.4. The van der Waals surface area contributed by atoms with Crippen molar-refractivity contribution in [3.63, 3.8) is 0 Å². The van der Waals surface area contributed by atoms with Crippen LogP contribution in [0.2, 0.25) is 0 Å². The fourth-order valence-electron chi connectivity index (χ4n) is 6.77. The molecular formula is C46H62N18O2. The smallest absolute Gasteiger partial charge is 0.279 e. The number of rotatable bonds is 3. The summed E-state index contributed by atoms with van der Waals surface area (Å²) < 4.78 is 7.89. The van der Waals surface area contributed by atoms with Crippen LogP contribution in [-0.2, 0) is 28.7 Å². The van der Waals surface area contributed by atoms with Gasteiger partial charge in [-0.25, -0.2) is 49.8 Å². The summed E-state index contributed by atoms with van der Waals surface area (Å²) in [6.07, 6.45) is 8.36. The van der Waals surface area contributed by atoms with Crippen LogP contribution in [0.25, 0.3) is 44.7 Å². The molecule has 0 aliphatic heterocycles. The Hall–Kier alpha value is -7.38. The summed E-state index contributed by atoms with van der Waals surface area (Å²) in [7, 11) is 0. The summed E-state index contributed by atoms with van der Waals surface area (Å²) in [5, 5.41) is 3.38. The van der Waals surface area contributed by atoms with E-state index in [4.69, 9.17) is 5.73 Å². The van der Waals surface area contributed by atoms with Gasteiger partial charge in [0.05, 0.1) is 25.3 Å². The molecule has 0 unspecified atom stereocenters. The third kappa shape index (κ3) is 10.8. The molecule has 0 atom stereocenters. The van der Waals surface area contributed by atoms with Crippen molar-refractivity contribution in [2.75, 3.05) is 11.1 Å². The lowest BCUT2D eigenvalue weighted by molar-refractivity contribution is 0.405. The first-order valence-corrected chi connectivity index (χ1v) is 21.6. The van der Waals surface area contributed by atoms with Crippen molar-refractivity contribution in [2.45, 2.75) is 133 Å². The normalized spacial score (nSPS) is 12.1. The highest BCUT2D eigenvalue weighted by Gasteiger charge is 2.22. The highest BCUT2D eigenvalue weighted by Crippen LogP contribution is 2.26. The van der Waals surface area contributed by atoms with E-state index >= 15 is 0 Å². The molecule has 0 aliphatic rings. The average Bonchev–Trinajstić information content (AvgIpc) is 4.02. The second kappa shape index (κ2) is 18.2. The molecule has 0 bridgehead atoms. The van der Waals surface area contributed by atoms with Crippen molar-refractivity contribution < 1.29 is 0 Å². The Morgan fingerprint density at radius 2 is 0.924 bits per heavy atom. The van der Waals surface area contributed by atoms with Gasteiger partial charge in [0, 0.05) is 28.7 Å². The highest BCUT2D eigenvalue weighted by molar-refractivity contribution is 5.83. The molecule has 0 aliphatic carbocycles. The van der Waals surface area contributed by atoms with Gasteiger partial charge < -0.3 is 39.3 Å². The van der Waals surface area contributed by atoms with E-state index in [0.29, 0.717) is 45.3 Å². The number of hydrogen-bond donors (Lipinski definition) is 4. The number of H-pyrrole nitrogens is 2. The number of nitrogens with one attached hydrogen (secondary N) is 3. The van der Waals surface area contributed by atoms with Gasteiger partial charge in [-0.15, -0.1) is 0 Å². The van der Waals surface area contributed by atoms with Crippen LogP contribution in [-0.4, -0.2) is 78.1 Å². The number of imidazole rings is 4. The Morgan fingerprint density at radius 3 is 1.38 bits per heavy atom. The van der Waals surface area contributed by atoms with Crippen LogP contribution >= 0.6 is 0 Å². The predicted octanol–water partition coefficient (Wildman–Crippen LogP) is 7.03. The molecule has 1 aromatic carbocycles. The summed E-state index contributed by atoms with van der Waals surface area (Å²) >= 11 is 0. The van der Waals surface area contributed by atoms with E-state index in [2.05, 4.69) is 123 Å². The van der Waals surface area contributed by atoms with Crippen LogP contribution in [0.3, 0.4) is 0 Å². The van der Waals surface area contributed by atoms with Crippen LogP contribution in [0.1, 0.15) is 106 Å². The van der Waals surface area contributed by atoms with Crippen LogP contribution < -0.4 is 22.2 Å². The van der Waals surface area contributed by atoms with Gasteiger partial charge in [-0.05, 0) is 109 Å². The molecule has 0 saturated heterocycles. The fraction of sp³-hybridized carbons (Fsp3) is 0.435.